The average Bonchev–Trinajstić information content (AvgIpc) is 2.83. The van der Waals surface area contributed by atoms with Crippen molar-refractivity contribution in [1.82, 2.24) is 15.6 Å². The first-order valence-corrected chi connectivity index (χ1v) is 7.91. The van der Waals surface area contributed by atoms with Gasteiger partial charge in [0.05, 0.1) is 17.2 Å². The van der Waals surface area contributed by atoms with Crippen LogP contribution >= 0.6 is 11.3 Å². The molecule has 6 heteroatoms. The van der Waals surface area contributed by atoms with Crippen LogP contribution in [0.3, 0.4) is 0 Å². The van der Waals surface area contributed by atoms with Gasteiger partial charge in [0.1, 0.15) is 0 Å². The molecule has 0 radical (unpaired) electrons. The van der Waals surface area contributed by atoms with Gasteiger partial charge in [-0.25, -0.2) is 4.98 Å². The Hall–Kier alpha value is -2.21. The lowest BCUT2D eigenvalue weighted by Gasteiger charge is -2.06. The smallest absolute Gasteiger partial charge is 0.251 e. The van der Waals surface area contributed by atoms with Crippen LogP contribution in [0.2, 0.25) is 0 Å². The quantitative estimate of drug-likeness (QED) is 0.854. The van der Waals surface area contributed by atoms with E-state index in [0.717, 1.165) is 17.1 Å². The predicted octanol–water partition coefficient (Wildman–Crippen LogP) is 1.85. The summed E-state index contributed by atoms with van der Waals surface area (Å²) in [5.74, 6) is -0.437. The third-order valence-electron chi connectivity index (χ3n) is 3.12. The number of nitrogens with zero attached hydrogens (tertiary/aromatic N) is 1. The van der Waals surface area contributed by atoms with Crippen LogP contribution in [0.5, 0.6) is 0 Å². The second-order valence-electron chi connectivity index (χ2n) is 4.89. The third-order valence-corrected chi connectivity index (χ3v) is 4.25. The van der Waals surface area contributed by atoms with Crippen LogP contribution < -0.4 is 10.6 Å². The zero-order chi connectivity index (χ0) is 15.9. The van der Waals surface area contributed by atoms with Crippen molar-refractivity contribution in [2.45, 2.75) is 20.3 Å². The number of thiazole rings is 1. The van der Waals surface area contributed by atoms with E-state index in [2.05, 4.69) is 15.6 Å². The maximum Gasteiger partial charge on any atom is 0.251 e. The molecule has 2 aromatic rings. The minimum Gasteiger partial charge on any atom is -0.354 e. The molecule has 0 aliphatic rings. The average molecular weight is 317 g/mol. The van der Waals surface area contributed by atoms with Gasteiger partial charge in [0.2, 0.25) is 5.91 Å². The summed E-state index contributed by atoms with van der Waals surface area (Å²) in [6, 6.07) is 8.83. The first kappa shape index (κ1) is 16.2. The number of benzene rings is 1. The number of aryl methyl sites for hydroxylation is 2. The van der Waals surface area contributed by atoms with Gasteiger partial charge in [-0.3, -0.25) is 9.59 Å². The molecule has 1 aromatic heterocycles. The van der Waals surface area contributed by atoms with E-state index in [9.17, 15) is 9.59 Å². The molecule has 0 bridgehead atoms. The van der Waals surface area contributed by atoms with Crippen LogP contribution in [0.4, 0.5) is 0 Å². The summed E-state index contributed by atoms with van der Waals surface area (Å²) in [6.07, 6.45) is 0.760. The first-order chi connectivity index (χ1) is 10.6. The molecular formula is C16H19N3O2S. The molecule has 0 spiro atoms. The number of rotatable bonds is 6. The summed E-state index contributed by atoms with van der Waals surface area (Å²) in [6.45, 7) is 4.47. The normalized spacial score (nSPS) is 10.3. The van der Waals surface area contributed by atoms with Gasteiger partial charge in [0.15, 0.2) is 0 Å². The van der Waals surface area contributed by atoms with Gasteiger partial charge in [-0.2, -0.15) is 0 Å². The summed E-state index contributed by atoms with van der Waals surface area (Å²) in [5, 5.41) is 6.44. The SMILES string of the molecule is Cc1nc(C)c(CCNC(=O)CNC(=O)c2ccccc2)s1. The van der Waals surface area contributed by atoms with Crippen LogP contribution in [-0.2, 0) is 11.2 Å². The molecule has 0 atom stereocenters. The largest absolute Gasteiger partial charge is 0.354 e. The first-order valence-electron chi connectivity index (χ1n) is 7.09. The topological polar surface area (TPSA) is 71.1 Å². The van der Waals surface area contributed by atoms with Gasteiger partial charge in [0, 0.05) is 23.4 Å². The lowest BCUT2D eigenvalue weighted by molar-refractivity contribution is -0.120. The monoisotopic (exact) mass is 317 g/mol. The van der Waals surface area contributed by atoms with Crippen molar-refractivity contribution in [2.75, 3.05) is 13.1 Å². The third kappa shape index (κ3) is 4.66. The molecule has 2 rings (SSSR count). The van der Waals surface area contributed by atoms with E-state index in [1.807, 2.05) is 19.9 Å². The highest BCUT2D eigenvalue weighted by Gasteiger charge is 2.08. The van der Waals surface area contributed by atoms with Gasteiger partial charge in [-0.05, 0) is 26.0 Å². The predicted molar refractivity (Wildman–Crippen MR) is 87.1 cm³/mol. The van der Waals surface area contributed by atoms with Crippen molar-refractivity contribution >= 4 is 23.2 Å². The van der Waals surface area contributed by atoms with Crippen molar-refractivity contribution in [1.29, 1.82) is 0 Å². The molecule has 0 aliphatic carbocycles. The summed E-state index contributed by atoms with van der Waals surface area (Å²) < 4.78 is 0. The lowest BCUT2D eigenvalue weighted by Crippen LogP contribution is -2.37. The molecule has 1 heterocycles. The number of nitrogens with one attached hydrogen (secondary N) is 2. The van der Waals surface area contributed by atoms with Gasteiger partial charge in [0.25, 0.3) is 5.91 Å². The Kier molecular flexibility index (Phi) is 5.66. The lowest BCUT2D eigenvalue weighted by atomic mass is 10.2. The molecule has 116 valence electrons. The fourth-order valence-corrected chi connectivity index (χ4v) is 2.97. The Morgan fingerprint density at radius 3 is 2.50 bits per heavy atom. The zero-order valence-electron chi connectivity index (χ0n) is 12.7. The highest BCUT2D eigenvalue weighted by atomic mass is 32.1. The summed E-state index contributed by atoms with van der Waals surface area (Å²) >= 11 is 1.65. The molecule has 22 heavy (non-hydrogen) atoms. The van der Waals surface area contributed by atoms with Crippen molar-refractivity contribution < 1.29 is 9.59 Å². The molecule has 5 nitrogen and oxygen atoms in total. The van der Waals surface area contributed by atoms with Gasteiger partial charge < -0.3 is 10.6 Å². The Balaban J connectivity index is 1.70. The molecule has 0 unspecified atom stereocenters. The molecule has 0 saturated heterocycles. The fraction of sp³-hybridized carbons (Fsp3) is 0.312. The molecule has 0 saturated carbocycles. The van der Waals surface area contributed by atoms with Crippen molar-refractivity contribution in [3.8, 4) is 0 Å². The summed E-state index contributed by atoms with van der Waals surface area (Å²) in [4.78, 5) is 29.1. The van der Waals surface area contributed by atoms with Crippen molar-refractivity contribution in [3.05, 3.63) is 51.5 Å². The maximum atomic E-state index is 11.8. The Morgan fingerprint density at radius 2 is 1.86 bits per heavy atom. The van der Waals surface area contributed by atoms with E-state index in [1.54, 1.807) is 35.6 Å². The van der Waals surface area contributed by atoms with E-state index < -0.39 is 0 Å². The minimum absolute atomic E-state index is 0.0194. The molecule has 2 N–H and O–H groups in total. The van der Waals surface area contributed by atoms with Crippen LogP contribution in [0.1, 0.15) is 25.9 Å². The minimum atomic E-state index is -0.246. The van der Waals surface area contributed by atoms with E-state index in [-0.39, 0.29) is 18.4 Å². The van der Waals surface area contributed by atoms with E-state index in [1.165, 1.54) is 4.88 Å². The number of hydrogen-bond acceptors (Lipinski definition) is 4. The Bertz CT molecular complexity index is 653. The Morgan fingerprint density at radius 1 is 1.14 bits per heavy atom. The number of aromatic nitrogens is 1. The maximum absolute atomic E-state index is 11.8. The zero-order valence-corrected chi connectivity index (χ0v) is 13.5. The summed E-state index contributed by atoms with van der Waals surface area (Å²) in [7, 11) is 0. The number of hydrogen-bond donors (Lipinski definition) is 2. The summed E-state index contributed by atoms with van der Waals surface area (Å²) in [5.41, 5.74) is 1.57. The molecule has 1 aromatic carbocycles. The second kappa shape index (κ2) is 7.70. The molecule has 0 aliphatic heterocycles. The van der Waals surface area contributed by atoms with Gasteiger partial charge in [-0.1, -0.05) is 18.2 Å². The van der Waals surface area contributed by atoms with Gasteiger partial charge in [-0.15, -0.1) is 11.3 Å². The van der Waals surface area contributed by atoms with Crippen LogP contribution in [0.15, 0.2) is 30.3 Å². The van der Waals surface area contributed by atoms with E-state index >= 15 is 0 Å². The van der Waals surface area contributed by atoms with Crippen LogP contribution in [-0.4, -0.2) is 29.9 Å². The van der Waals surface area contributed by atoms with Crippen molar-refractivity contribution in [3.63, 3.8) is 0 Å². The molecule has 0 fully saturated rings. The molecular weight excluding hydrogens is 298 g/mol. The number of amides is 2. The van der Waals surface area contributed by atoms with Crippen LogP contribution in [0.25, 0.3) is 0 Å². The fourth-order valence-electron chi connectivity index (χ4n) is 2.04. The van der Waals surface area contributed by atoms with Gasteiger partial charge >= 0.3 is 0 Å². The number of carbonyl (C=O) groups is 2. The van der Waals surface area contributed by atoms with E-state index in [0.29, 0.717) is 12.1 Å². The Labute approximate surface area is 133 Å². The second-order valence-corrected chi connectivity index (χ2v) is 6.18. The standard InChI is InChI=1S/C16H19N3O2S/c1-11-14(22-12(2)19-11)8-9-17-15(20)10-18-16(21)13-6-4-3-5-7-13/h3-7H,8-10H2,1-2H3,(H,17,20)(H,18,21). The highest BCUT2D eigenvalue weighted by molar-refractivity contribution is 7.11. The van der Waals surface area contributed by atoms with Crippen molar-refractivity contribution in [2.24, 2.45) is 0 Å². The highest BCUT2D eigenvalue weighted by Crippen LogP contribution is 2.16. The molecule has 2 amide bonds. The van der Waals surface area contributed by atoms with E-state index in [4.69, 9.17) is 0 Å². The number of carbonyl (C=O) groups excluding carboxylic acids is 2. The van der Waals surface area contributed by atoms with Crippen LogP contribution in [0, 0.1) is 13.8 Å².